The van der Waals surface area contributed by atoms with Crippen LogP contribution in [-0.4, -0.2) is 36.0 Å². The second-order valence-corrected chi connectivity index (χ2v) is 5.93. The fourth-order valence-electron chi connectivity index (χ4n) is 2.84. The van der Waals surface area contributed by atoms with Crippen LogP contribution < -0.4 is 10.6 Å². The first-order chi connectivity index (χ1) is 10.1. The van der Waals surface area contributed by atoms with Gasteiger partial charge in [0, 0.05) is 12.5 Å². The van der Waals surface area contributed by atoms with Gasteiger partial charge in [-0.15, -0.1) is 0 Å². The van der Waals surface area contributed by atoms with Crippen molar-refractivity contribution in [2.24, 2.45) is 0 Å². The predicted molar refractivity (Wildman–Crippen MR) is 76.4 cm³/mol. The quantitative estimate of drug-likeness (QED) is 0.599. The largest absolute Gasteiger partial charge is 0.451 e. The Balaban J connectivity index is 1.76. The molecule has 118 valence electrons. The molecule has 1 saturated heterocycles. The Morgan fingerprint density at radius 3 is 2.43 bits per heavy atom. The Morgan fingerprint density at radius 2 is 1.86 bits per heavy atom. The number of amides is 2. The van der Waals surface area contributed by atoms with Gasteiger partial charge in [-0.25, -0.2) is 4.79 Å². The zero-order valence-corrected chi connectivity index (χ0v) is 12.5. The highest BCUT2D eigenvalue weighted by Gasteiger charge is 2.31. The van der Waals surface area contributed by atoms with Gasteiger partial charge in [0.2, 0.25) is 5.91 Å². The van der Waals surface area contributed by atoms with Crippen LogP contribution in [0.15, 0.2) is 0 Å². The van der Waals surface area contributed by atoms with Gasteiger partial charge in [-0.05, 0) is 26.2 Å². The van der Waals surface area contributed by atoms with E-state index in [1.54, 1.807) is 6.92 Å². The molecule has 2 atom stereocenters. The molecule has 0 aromatic rings. The number of ether oxygens (including phenoxy) is 1. The highest BCUT2D eigenvalue weighted by molar-refractivity contribution is 5.90. The number of nitrogens with one attached hydrogen (secondary N) is 2. The molecular weight excluding hydrogens is 272 g/mol. The van der Waals surface area contributed by atoms with Crippen molar-refractivity contribution in [1.29, 1.82) is 0 Å². The summed E-state index contributed by atoms with van der Waals surface area (Å²) in [7, 11) is 0. The van der Waals surface area contributed by atoms with Crippen molar-refractivity contribution in [3.05, 3.63) is 0 Å². The fourth-order valence-corrected chi connectivity index (χ4v) is 2.84. The number of hydrogen-bond donors (Lipinski definition) is 2. The molecule has 1 aliphatic heterocycles. The Morgan fingerprint density at radius 1 is 1.19 bits per heavy atom. The van der Waals surface area contributed by atoms with Crippen LogP contribution in [0.5, 0.6) is 0 Å². The minimum absolute atomic E-state index is 0.146. The molecule has 1 saturated carbocycles. The molecule has 0 aromatic carbocycles. The first kappa shape index (κ1) is 15.8. The maximum Gasteiger partial charge on any atom is 0.329 e. The van der Waals surface area contributed by atoms with E-state index in [1.807, 2.05) is 0 Å². The molecule has 0 unspecified atom stereocenters. The molecule has 6 heteroatoms. The van der Waals surface area contributed by atoms with Gasteiger partial charge in [0.1, 0.15) is 6.04 Å². The van der Waals surface area contributed by atoms with Gasteiger partial charge in [0.15, 0.2) is 6.10 Å². The first-order valence-electron chi connectivity index (χ1n) is 7.86. The van der Waals surface area contributed by atoms with Crippen LogP contribution in [-0.2, 0) is 19.1 Å². The minimum Gasteiger partial charge on any atom is -0.451 e. The molecule has 6 nitrogen and oxygen atoms in total. The lowest BCUT2D eigenvalue weighted by molar-refractivity contribution is -0.157. The molecule has 0 bridgehead atoms. The van der Waals surface area contributed by atoms with Crippen LogP contribution in [0, 0.1) is 0 Å². The molecule has 2 aliphatic rings. The Labute approximate surface area is 125 Å². The number of hydrogen-bond acceptors (Lipinski definition) is 4. The van der Waals surface area contributed by atoms with Gasteiger partial charge in [-0.3, -0.25) is 9.59 Å². The molecular formula is C15H24N2O4. The van der Waals surface area contributed by atoms with Crippen LogP contribution in [0.25, 0.3) is 0 Å². The Hall–Kier alpha value is -1.59. The highest BCUT2D eigenvalue weighted by atomic mass is 16.5. The summed E-state index contributed by atoms with van der Waals surface area (Å²) in [6.45, 7) is 1.57. The first-order valence-corrected chi connectivity index (χ1v) is 7.86. The van der Waals surface area contributed by atoms with Crippen LogP contribution in [0.4, 0.5) is 0 Å². The van der Waals surface area contributed by atoms with Crippen molar-refractivity contribution >= 4 is 17.8 Å². The summed E-state index contributed by atoms with van der Waals surface area (Å²) >= 11 is 0. The zero-order chi connectivity index (χ0) is 15.2. The van der Waals surface area contributed by atoms with Crippen molar-refractivity contribution in [2.75, 3.05) is 0 Å². The van der Waals surface area contributed by atoms with Crippen molar-refractivity contribution in [3.8, 4) is 0 Å². The molecule has 0 radical (unpaired) electrons. The maximum absolute atomic E-state index is 12.1. The Bertz CT molecular complexity index is 402. The normalized spacial score (nSPS) is 24.8. The summed E-state index contributed by atoms with van der Waals surface area (Å²) < 4.78 is 5.15. The lowest BCUT2D eigenvalue weighted by atomic mass is 10.1. The fraction of sp³-hybridized carbons (Fsp3) is 0.800. The second kappa shape index (κ2) is 7.43. The topological polar surface area (TPSA) is 84.5 Å². The van der Waals surface area contributed by atoms with E-state index >= 15 is 0 Å². The molecule has 1 heterocycles. The van der Waals surface area contributed by atoms with Crippen molar-refractivity contribution in [2.45, 2.75) is 76.5 Å². The van der Waals surface area contributed by atoms with E-state index in [0.717, 1.165) is 25.7 Å². The average molecular weight is 296 g/mol. The number of esters is 1. The van der Waals surface area contributed by atoms with Gasteiger partial charge in [-0.1, -0.05) is 25.7 Å². The van der Waals surface area contributed by atoms with Crippen LogP contribution >= 0.6 is 0 Å². The lowest BCUT2D eigenvalue weighted by Gasteiger charge is -2.20. The summed E-state index contributed by atoms with van der Waals surface area (Å²) in [4.78, 5) is 35.0. The summed E-state index contributed by atoms with van der Waals surface area (Å²) in [5.74, 6) is -0.920. The highest BCUT2D eigenvalue weighted by Crippen LogP contribution is 2.17. The van der Waals surface area contributed by atoms with E-state index in [1.165, 1.54) is 12.8 Å². The van der Waals surface area contributed by atoms with Crippen LogP contribution in [0.1, 0.15) is 58.3 Å². The molecule has 2 fully saturated rings. The standard InChI is InChI=1S/C15H24N2O4/c1-10(21-15(20)12-8-9-13(18)17-12)14(19)16-11-6-4-2-3-5-7-11/h10-12H,2-9H2,1H3,(H,16,19)(H,17,18)/t10-,12+/m0/s1. The van der Waals surface area contributed by atoms with Crippen molar-refractivity contribution in [1.82, 2.24) is 10.6 Å². The maximum atomic E-state index is 12.1. The van der Waals surface area contributed by atoms with Crippen LogP contribution in [0.3, 0.4) is 0 Å². The predicted octanol–water partition coefficient (Wildman–Crippen LogP) is 1.04. The lowest BCUT2D eigenvalue weighted by Crippen LogP contribution is -2.44. The van der Waals surface area contributed by atoms with E-state index in [-0.39, 0.29) is 17.9 Å². The monoisotopic (exact) mass is 296 g/mol. The van der Waals surface area contributed by atoms with E-state index in [0.29, 0.717) is 12.8 Å². The van der Waals surface area contributed by atoms with Gasteiger partial charge in [-0.2, -0.15) is 0 Å². The zero-order valence-electron chi connectivity index (χ0n) is 12.5. The van der Waals surface area contributed by atoms with Gasteiger partial charge in [0.05, 0.1) is 0 Å². The Kier molecular flexibility index (Phi) is 5.59. The average Bonchev–Trinajstić information content (AvgIpc) is 2.72. The van der Waals surface area contributed by atoms with E-state index < -0.39 is 18.1 Å². The molecule has 2 N–H and O–H groups in total. The number of carbonyl (C=O) groups excluding carboxylic acids is 3. The van der Waals surface area contributed by atoms with E-state index in [4.69, 9.17) is 4.74 Å². The molecule has 21 heavy (non-hydrogen) atoms. The molecule has 0 spiro atoms. The number of rotatable bonds is 4. The molecule has 2 amide bonds. The summed E-state index contributed by atoms with van der Waals surface area (Å²) in [5.41, 5.74) is 0. The summed E-state index contributed by atoms with van der Waals surface area (Å²) in [6, 6.07) is -0.419. The molecule has 2 rings (SSSR count). The van der Waals surface area contributed by atoms with Gasteiger partial charge in [0.25, 0.3) is 5.91 Å². The third-order valence-corrected chi connectivity index (χ3v) is 4.14. The molecule has 0 aromatic heterocycles. The van der Waals surface area contributed by atoms with Crippen molar-refractivity contribution < 1.29 is 19.1 Å². The van der Waals surface area contributed by atoms with Crippen molar-refractivity contribution in [3.63, 3.8) is 0 Å². The third kappa shape index (κ3) is 4.72. The second-order valence-electron chi connectivity index (χ2n) is 5.93. The van der Waals surface area contributed by atoms with E-state index in [2.05, 4.69) is 10.6 Å². The molecule has 1 aliphatic carbocycles. The third-order valence-electron chi connectivity index (χ3n) is 4.14. The van der Waals surface area contributed by atoms with Gasteiger partial charge >= 0.3 is 5.97 Å². The van der Waals surface area contributed by atoms with Crippen LogP contribution in [0.2, 0.25) is 0 Å². The SMILES string of the molecule is C[C@H](OC(=O)[C@H]1CCC(=O)N1)C(=O)NC1CCCCCC1. The number of carbonyl (C=O) groups is 3. The van der Waals surface area contributed by atoms with E-state index in [9.17, 15) is 14.4 Å². The summed E-state index contributed by atoms with van der Waals surface area (Å²) in [5, 5.41) is 5.50. The smallest absolute Gasteiger partial charge is 0.329 e. The summed E-state index contributed by atoms with van der Waals surface area (Å²) in [6.07, 6.45) is 6.64. The van der Waals surface area contributed by atoms with Gasteiger partial charge < -0.3 is 15.4 Å². The minimum atomic E-state index is -0.821.